The average molecular weight is 291 g/mol. The minimum Gasteiger partial charge on any atom is -0.481 e. The number of carboxylic acid groups (broad SMARTS) is 1. The van der Waals surface area contributed by atoms with E-state index in [2.05, 4.69) is 10.3 Å². The first-order chi connectivity index (χ1) is 9.93. The predicted octanol–water partition coefficient (Wildman–Crippen LogP) is 1.79. The fraction of sp³-hybridized carbons (Fsp3) is 0.533. The van der Waals surface area contributed by atoms with Crippen LogP contribution in [0, 0.1) is 12.3 Å². The predicted molar refractivity (Wildman–Crippen MR) is 77.8 cm³/mol. The molecule has 0 saturated heterocycles. The molecule has 21 heavy (non-hydrogen) atoms. The van der Waals surface area contributed by atoms with Gasteiger partial charge in [-0.25, -0.2) is 4.79 Å². The van der Waals surface area contributed by atoms with Crippen LogP contribution < -0.4 is 5.32 Å². The van der Waals surface area contributed by atoms with Gasteiger partial charge in [0.1, 0.15) is 0 Å². The third-order valence-electron chi connectivity index (χ3n) is 4.03. The number of nitrogens with zero attached hydrogens (tertiary/aromatic N) is 2. The van der Waals surface area contributed by atoms with Gasteiger partial charge in [-0.3, -0.25) is 9.78 Å². The Balaban J connectivity index is 1.87. The average Bonchev–Trinajstić information content (AvgIpc) is 2.36. The third kappa shape index (κ3) is 3.51. The van der Waals surface area contributed by atoms with Crippen molar-refractivity contribution in [2.75, 3.05) is 13.6 Å². The number of amides is 2. The van der Waals surface area contributed by atoms with Gasteiger partial charge in [0.2, 0.25) is 0 Å². The number of aromatic nitrogens is 1. The molecule has 2 N–H and O–H groups in total. The van der Waals surface area contributed by atoms with Gasteiger partial charge in [-0.1, -0.05) is 12.5 Å². The molecule has 0 spiro atoms. The van der Waals surface area contributed by atoms with Crippen LogP contribution in [0.4, 0.5) is 4.79 Å². The number of carbonyl (C=O) groups is 2. The summed E-state index contributed by atoms with van der Waals surface area (Å²) in [5, 5.41) is 11.9. The number of hydrogen-bond donors (Lipinski definition) is 2. The van der Waals surface area contributed by atoms with Gasteiger partial charge in [0, 0.05) is 19.3 Å². The zero-order chi connectivity index (χ0) is 15.5. The van der Waals surface area contributed by atoms with Crippen molar-refractivity contribution in [2.24, 2.45) is 5.41 Å². The van der Waals surface area contributed by atoms with E-state index in [1.54, 1.807) is 7.05 Å². The van der Waals surface area contributed by atoms with Crippen LogP contribution in [0.3, 0.4) is 0 Å². The summed E-state index contributed by atoms with van der Waals surface area (Å²) >= 11 is 0. The molecule has 0 aromatic carbocycles. The van der Waals surface area contributed by atoms with Crippen molar-refractivity contribution in [3.05, 3.63) is 29.6 Å². The molecule has 1 aromatic heterocycles. The van der Waals surface area contributed by atoms with Gasteiger partial charge in [0.05, 0.1) is 17.7 Å². The second-order valence-corrected chi connectivity index (χ2v) is 5.72. The SMILES string of the molecule is Cc1cccc(CN(C)C(=O)NCC2(C(=O)O)CCC2)n1. The van der Waals surface area contributed by atoms with Crippen molar-refractivity contribution >= 4 is 12.0 Å². The highest BCUT2D eigenvalue weighted by atomic mass is 16.4. The molecule has 1 aliphatic carbocycles. The van der Waals surface area contributed by atoms with Gasteiger partial charge >= 0.3 is 12.0 Å². The lowest BCUT2D eigenvalue weighted by Gasteiger charge is -2.37. The smallest absolute Gasteiger partial charge is 0.317 e. The van der Waals surface area contributed by atoms with Crippen LogP contribution in [-0.2, 0) is 11.3 Å². The summed E-state index contributed by atoms with van der Waals surface area (Å²) in [6, 6.07) is 5.39. The Morgan fingerprint density at radius 3 is 2.67 bits per heavy atom. The second kappa shape index (κ2) is 6.11. The Labute approximate surface area is 124 Å². The van der Waals surface area contributed by atoms with Crippen LogP contribution in [-0.4, -0.2) is 40.6 Å². The summed E-state index contributed by atoms with van der Waals surface area (Å²) in [6.45, 7) is 2.48. The van der Waals surface area contributed by atoms with Crippen molar-refractivity contribution in [3.63, 3.8) is 0 Å². The van der Waals surface area contributed by atoms with Gasteiger partial charge in [-0.15, -0.1) is 0 Å². The normalized spacial score (nSPS) is 15.9. The van der Waals surface area contributed by atoms with Gasteiger partial charge < -0.3 is 15.3 Å². The summed E-state index contributed by atoms with van der Waals surface area (Å²) in [4.78, 5) is 29.1. The van der Waals surface area contributed by atoms with E-state index in [-0.39, 0.29) is 12.6 Å². The standard InChI is InChI=1S/C15H21N3O3/c1-11-5-3-6-12(17-11)9-18(2)14(21)16-10-15(13(19)20)7-4-8-15/h3,5-6H,4,7-10H2,1-2H3,(H,16,21)(H,19,20). The molecule has 0 atom stereocenters. The minimum absolute atomic E-state index is 0.187. The number of pyridine rings is 1. The molecule has 1 aromatic rings. The number of nitrogens with one attached hydrogen (secondary N) is 1. The van der Waals surface area contributed by atoms with Crippen molar-refractivity contribution in [2.45, 2.75) is 32.7 Å². The van der Waals surface area contributed by atoms with Crippen LogP contribution >= 0.6 is 0 Å². The zero-order valence-corrected chi connectivity index (χ0v) is 12.4. The molecule has 0 bridgehead atoms. The summed E-state index contributed by atoms with van der Waals surface area (Å²) in [5.74, 6) is -0.822. The molecule has 2 rings (SSSR count). The van der Waals surface area contributed by atoms with Crippen LogP contribution in [0.15, 0.2) is 18.2 Å². The highest BCUT2D eigenvalue weighted by molar-refractivity contribution is 5.78. The fourth-order valence-electron chi connectivity index (χ4n) is 2.45. The maximum atomic E-state index is 12.0. The van der Waals surface area contributed by atoms with Crippen molar-refractivity contribution in [1.29, 1.82) is 0 Å². The highest BCUT2D eigenvalue weighted by Gasteiger charge is 2.44. The Morgan fingerprint density at radius 1 is 1.43 bits per heavy atom. The summed E-state index contributed by atoms with van der Waals surface area (Å²) in [5.41, 5.74) is 0.947. The molecule has 6 nitrogen and oxygen atoms in total. The molecular weight excluding hydrogens is 270 g/mol. The van der Waals surface area contributed by atoms with E-state index in [1.165, 1.54) is 4.90 Å². The maximum absolute atomic E-state index is 12.0. The highest BCUT2D eigenvalue weighted by Crippen LogP contribution is 2.40. The first-order valence-electron chi connectivity index (χ1n) is 7.08. The molecule has 2 amide bonds. The monoisotopic (exact) mass is 291 g/mol. The first-order valence-corrected chi connectivity index (χ1v) is 7.08. The number of carbonyl (C=O) groups excluding carboxylic acids is 1. The third-order valence-corrected chi connectivity index (χ3v) is 4.03. The van der Waals surface area contributed by atoms with E-state index >= 15 is 0 Å². The Hall–Kier alpha value is -2.11. The van der Waals surface area contributed by atoms with Crippen LogP contribution in [0.25, 0.3) is 0 Å². The molecule has 1 aliphatic rings. The van der Waals surface area contributed by atoms with Crippen molar-refractivity contribution in [1.82, 2.24) is 15.2 Å². The van der Waals surface area contributed by atoms with Crippen LogP contribution in [0.5, 0.6) is 0 Å². The van der Waals surface area contributed by atoms with E-state index in [0.717, 1.165) is 17.8 Å². The number of carboxylic acids is 1. The second-order valence-electron chi connectivity index (χ2n) is 5.72. The Morgan fingerprint density at radius 2 is 2.14 bits per heavy atom. The molecule has 1 fully saturated rings. The molecule has 0 radical (unpaired) electrons. The summed E-state index contributed by atoms with van der Waals surface area (Å²) in [7, 11) is 1.67. The summed E-state index contributed by atoms with van der Waals surface area (Å²) in [6.07, 6.45) is 2.17. The molecule has 0 unspecified atom stereocenters. The van der Waals surface area contributed by atoms with Crippen LogP contribution in [0.2, 0.25) is 0 Å². The molecule has 114 valence electrons. The number of hydrogen-bond acceptors (Lipinski definition) is 3. The van der Waals surface area contributed by atoms with Crippen LogP contribution in [0.1, 0.15) is 30.7 Å². The lowest BCUT2D eigenvalue weighted by Crippen LogP contribution is -2.49. The molecule has 1 saturated carbocycles. The molecular formula is C15H21N3O3. The molecule has 6 heteroatoms. The molecule has 0 aliphatic heterocycles. The van der Waals surface area contributed by atoms with Gasteiger partial charge in [0.15, 0.2) is 0 Å². The van der Waals surface area contributed by atoms with Crippen molar-refractivity contribution in [3.8, 4) is 0 Å². The lowest BCUT2D eigenvalue weighted by molar-refractivity contribution is -0.153. The first kappa shape index (κ1) is 15.3. The van der Waals surface area contributed by atoms with Gasteiger partial charge in [-0.2, -0.15) is 0 Å². The fourth-order valence-corrected chi connectivity index (χ4v) is 2.45. The van der Waals surface area contributed by atoms with Gasteiger partial charge in [-0.05, 0) is 31.9 Å². The lowest BCUT2D eigenvalue weighted by atomic mass is 9.69. The number of aryl methyl sites for hydroxylation is 1. The topological polar surface area (TPSA) is 82.5 Å². The largest absolute Gasteiger partial charge is 0.481 e. The van der Waals surface area contributed by atoms with E-state index in [0.29, 0.717) is 19.4 Å². The van der Waals surface area contributed by atoms with Crippen molar-refractivity contribution < 1.29 is 14.7 Å². The number of aliphatic carboxylic acids is 1. The Bertz CT molecular complexity index is 541. The Kier molecular flexibility index (Phi) is 4.45. The van der Waals surface area contributed by atoms with E-state index < -0.39 is 11.4 Å². The van der Waals surface area contributed by atoms with E-state index in [4.69, 9.17) is 0 Å². The zero-order valence-electron chi connectivity index (χ0n) is 12.4. The number of rotatable bonds is 5. The van der Waals surface area contributed by atoms with E-state index in [1.807, 2.05) is 25.1 Å². The van der Waals surface area contributed by atoms with Gasteiger partial charge in [0.25, 0.3) is 0 Å². The molecule has 1 heterocycles. The van der Waals surface area contributed by atoms with E-state index in [9.17, 15) is 14.7 Å². The summed E-state index contributed by atoms with van der Waals surface area (Å²) < 4.78 is 0. The quantitative estimate of drug-likeness (QED) is 0.866. The number of urea groups is 1. The minimum atomic E-state index is -0.822. The maximum Gasteiger partial charge on any atom is 0.317 e.